The number of nitrogens with one attached hydrogen (secondary N) is 1. The Bertz CT molecular complexity index is 1020. The van der Waals surface area contributed by atoms with E-state index >= 15 is 0 Å². The molecule has 0 spiro atoms. The van der Waals surface area contributed by atoms with Crippen LogP contribution in [0.4, 0.5) is 24.5 Å². The number of carbonyl (C=O) groups is 3. The van der Waals surface area contributed by atoms with Gasteiger partial charge in [0.15, 0.2) is 0 Å². The molecule has 0 fully saturated rings. The van der Waals surface area contributed by atoms with Crippen LogP contribution in [-0.4, -0.2) is 34.1 Å². The summed E-state index contributed by atoms with van der Waals surface area (Å²) in [5.41, 5.74) is -2.38. The number of amides is 3. The Labute approximate surface area is 154 Å². The molecule has 8 nitrogen and oxygen atoms in total. The van der Waals surface area contributed by atoms with Crippen LogP contribution in [0.15, 0.2) is 42.5 Å². The van der Waals surface area contributed by atoms with Crippen molar-refractivity contribution in [1.29, 1.82) is 0 Å². The van der Waals surface area contributed by atoms with Gasteiger partial charge in [-0.05, 0) is 24.3 Å². The van der Waals surface area contributed by atoms with E-state index in [9.17, 15) is 37.7 Å². The van der Waals surface area contributed by atoms with Crippen LogP contribution in [0.5, 0.6) is 0 Å². The van der Waals surface area contributed by atoms with Crippen LogP contribution >= 0.6 is 0 Å². The van der Waals surface area contributed by atoms with Gasteiger partial charge < -0.3 is 5.32 Å². The fourth-order valence-electron chi connectivity index (χ4n) is 2.73. The van der Waals surface area contributed by atoms with Crippen LogP contribution in [0.3, 0.4) is 0 Å². The van der Waals surface area contributed by atoms with E-state index in [0.29, 0.717) is 11.0 Å². The lowest BCUT2D eigenvalue weighted by Crippen LogP contribution is -2.37. The predicted molar refractivity (Wildman–Crippen MR) is 88.5 cm³/mol. The molecule has 1 N–H and O–H groups in total. The molecule has 0 aromatic heterocycles. The molecule has 11 heteroatoms. The third-order valence-electron chi connectivity index (χ3n) is 3.95. The molecule has 0 aliphatic carbocycles. The van der Waals surface area contributed by atoms with E-state index in [1.165, 1.54) is 18.2 Å². The number of nitro benzene ring substituents is 1. The number of fused-ring (bicyclic) bond motifs is 1. The largest absolute Gasteiger partial charge is 0.416 e. The Morgan fingerprint density at radius 2 is 1.79 bits per heavy atom. The molecule has 1 heterocycles. The number of anilines is 1. The minimum atomic E-state index is -4.61. The fourth-order valence-corrected chi connectivity index (χ4v) is 2.73. The predicted octanol–water partition coefficient (Wildman–Crippen LogP) is 2.85. The van der Waals surface area contributed by atoms with Crippen molar-refractivity contribution in [2.75, 3.05) is 11.9 Å². The zero-order valence-electron chi connectivity index (χ0n) is 13.8. The average molecular weight is 393 g/mol. The number of carbonyl (C=O) groups excluding carboxylic acids is 3. The summed E-state index contributed by atoms with van der Waals surface area (Å²) in [6, 6.07) is 7.31. The summed E-state index contributed by atoms with van der Waals surface area (Å²) < 4.78 is 38.2. The van der Waals surface area contributed by atoms with Crippen LogP contribution in [-0.2, 0) is 11.0 Å². The second-order valence-corrected chi connectivity index (χ2v) is 5.78. The van der Waals surface area contributed by atoms with Crippen LogP contribution in [0.2, 0.25) is 0 Å². The minimum Gasteiger partial charge on any atom is -0.325 e. The summed E-state index contributed by atoms with van der Waals surface area (Å²) in [5, 5.41) is 13.2. The highest BCUT2D eigenvalue weighted by Gasteiger charge is 2.41. The van der Waals surface area contributed by atoms with Gasteiger partial charge in [-0.15, -0.1) is 0 Å². The number of rotatable bonds is 4. The molecule has 0 bridgehead atoms. The summed E-state index contributed by atoms with van der Waals surface area (Å²) in [7, 11) is 0. The molecule has 0 radical (unpaired) electrons. The molecule has 1 aliphatic heterocycles. The maximum atomic E-state index is 12.7. The molecule has 3 rings (SSSR count). The molecule has 28 heavy (non-hydrogen) atoms. The first-order valence-corrected chi connectivity index (χ1v) is 7.70. The highest BCUT2D eigenvalue weighted by Crippen LogP contribution is 2.32. The summed E-state index contributed by atoms with van der Waals surface area (Å²) in [5.74, 6) is -2.86. The molecule has 0 saturated heterocycles. The van der Waals surface area contributed by atoms with Gasteiger partial charge in [0.2, 0.25) is 5.91 Å². The quantitative estimate of drug-likeness (QED) is 0.488. The van der Waals surface area contributed by atoms with Crippen molar-refractivity contribution in [2.45, 2.75) is 6.18 Å². The molecule has 0 unspecified atom stereocenters. The Morgan fingerprint density at radius 3 is 2.43 bits per heavy atom. The van der Waals surface area contributed by atoms with Gasteiger partial charge in [-0.25, -0.2) is 0 Å². The van der Waals surface area contributed by atoms with E-state index in [0.717, 1.165) is 18.2 Å². The van der Waals surface area contributed by atoms with Crippen molar-refractivity contribution < 1.29 is 32.5 Å². The number of hydrogen-bond acceptors (Lipinski definition) is 5. The highest BCUT2D eigenvalue weighted by molar-refractivity contribution is 6.24. The number of alkyl halides is 3. The monoisotopic (exact) mass is 393 g/mol. The first kappa shape index (κ1) is 19.0. The van der Waals surface area contributed by atoms with Gasteiger partial charge in [0.1, 0.15) is 12.1 Å². The Kier molecular flexibility index (Phi) is 4.59. The maximum Gasteiger partial charge on any atom is 0.416 e. The smallest absolute Gasteiger partial charge is 0.325 e. The zero-order chi connectivity index (χ0) is 20.6. The van der Waals surface area contributed by atoms with E-state index < -0.39 is 52.2 Å². The molecule has 3 amide bonds. The first-order chi connectivity index (χ1) is 13.1. The van der Waals surface area contributed by atoms with E-state index in [1.54, 1.807) is 0 Å². The molecule has 2 aromatic rings. The summed E-state index contributed by atoms with van der Waals surface area (Å²) >= 11 is 0. The van der Waals surface area contributed by atoms with Gasteiger partial charge in [-0.1, -0.05) is 12.1 Å². The molecular formula is C17H10F3N3O5. The SMILES string of the molecule is O=C(CN1C(=O)c2cccc([N+](=O)[O-])c2C1=O)Nc1cccc(C(F)(F)F)c1. The van der Waals surface area contributed by atoms with Crippen LogP contribution in [0.1, 0.15) is 26.3 Å². The van der Waals surface area contributed by atoms with E-state index in [2.05, 4.69) is 5.32 Å². The number of nitrogens with zero attached hydrogens (tertiary/aromatic N) is 2. The van der Waals surface area contributed by atoms with Gasteiger partial charge >= 0.3 is 6.18 Å². The van der Waals surface area contributed by atoms with E-state index in [-0.39, 0.29) is 11.3 Å². The van der Waals surface area contributed by atoms with E-state index in [1.807, 2.05) is 0 Å². The summed E-state index contributed by atoms with van der Waals surface area (Å²) in [4.78, 5) is 47.5. The Morgan fingerprint density at radius 1 is 1.11 bits per heavy atom. The first-order valence-electron chi connectivity index (χ1n) is 7.70. The second kappa shape index (κ2) is 6.76. The van der Waals surface area contributed by atoms with Gasteiger partial charge in [0, 0.05) is 11.8 Å². The summed E-state index contributed by atoms with van der Waals surface area (Å²) in [6.07, 6.45) is -4.61. The Balaban J connectivity index is 1.79. The Hall–Kier alpha value is -3.76. The number of hydrogen-bond donors (Lipinski definition) is 1. The van der Waals surface area contributed by atoms with Gasteiger partial charge in [0.25, 0.3) is 17.5 Å². The van der Waals surface area contributed by atoms with Crippen LogP contribution in [0.25, 0.3) is 0 Å². The number of benzene rings is 2. The maximum absolute atomic E-state index is 12.7. The molecule has 1 aliphatic rings. The van der Waals surface area contributed by atoms with Crippen LogP contribution < -0.4 is 5.32 Å². The van der Waals surface area contributed by atoms with Crippen molar-refractivity contribution in [3.05, 3.63) is 69.3 Å². The summed E-state index contributed by atoms with van der Waals surface area (Å²) in [6.45, 7) is -0.806. The van der Waals surface area contributed by atoms with Crippen LogP contribution in [0, 0.1) is 10.1 Å². The van der Waals surface area contributed by atoms with Crippen molar-refractivity contribution >= 4 is 29.1 Å². The lowest BCUT2D eigenvalue weighted by molar-refractivity contribution is -0.385. The van der Waals surface area contributed by atoms with Crippen molar-refractivity contribution in [3.8, 4) is 0 Å². The van der Waals surface area contributed by atoms with Crippen molar-refractivity contribution in [2.24, 2.45) is 0 Å². The number of imide groups is 1. The molecule has 0 atom stereocenters. The van der Waals surface area contributed by atoms with Crippen molar-refractivity contribution in [3.63, 3.8) is 0 Å². The van der Waals surface area contributed by atoms with Gasteiger partial charge in [-0.2, -0.15) is 13.2 Å². The van der Waals surface area contributed by atoms with Crippen molar-refractivity contribution in [1.82, 2.24) is 4.90 Å². The topological polar surface area (TPSA) is 110 Å². The van der Waals surface area contributed by atoms with Gasteiger partial charge in [0.05, 0.1) is 16.1 Å². The molecule has 0 saturated carbocycles. The van der Waals surface area contributed by atoms with E-state index in [4.69, 9.17) is 0 Å². The lowest BCUT2D eigenvalue weighted by atomic mass is 10.1. The lowest BCUT2D eigenvalue weighted by Gasteiger charge is -2.14. The molecule has 144 valence electrons. The number of nitro groups is 1. The zero-order valence-corrected chi connectivity index (χ0v) is 13.8. The normalized spacial score (nSPS) is 13.5. The standard InChI is InChI=1S/C17H10F3N3O5/c18-17(19,20)9-3-1-4-10(7-9)21-13(24)8-22-15(25)11-5-2-6-12(23(27)28)14(11)16(22)26/h1-7H,8H2,(H,21,24). The van der Waals surface area contributed by atoms with Gasteiger partial charge in [-0.3, -0.25) is 29.4 Å². The fraction of sp³-hybridized carbons (Fsp3) is 0.118. The number of halogens is 3. The highest BCUT2D eigenvalue weighted by atomic mass is 19.4. The molecule has 2 aromatic carbocycles. The molecular weight excluding hydrogens is 383 g/mol. The minimum absolute atomic E-state index is 0.178. The second-order valence-electron chi connectivity index (χ2n) is 5.78. The average Bonchev–Trinajstić information content (AvgIpc) is 2.86. The third kappa shape index (κ3) is 3.41. The third-order valence-corrected chi connectivity index (χ3v) is 3.95.